The molecule has 2 heterocycles. The lowest BCUT2D eigenvalue weighted by molar-refractivity contribution is 0.306. The fourth-order valence-electron chi connectivity index (χ4n) is 4.10. The predicted molar refractivity (Wildman–Crippen MR) is 113 cm³/mol. The van der Waals surface area contributed by atoms with Crippen molar-refractivity contribution >= 4 is 11.3 Å². The number of rotatable bonds is 5. The SMILES string of the molecule is Nc1ncnn2c(C3CCCC3)nc(-c3cccc(OCc4ccccc4)c3)c12. The van der Waals surface area contributed by atoms with Crippen LogP contribution in [0.5, 0.6) is 5.75 Å². The number of nitrogens with zero attached hydrogens (tertiary/aromatic N) is 4. The molecule has 1 saturated carbocycles. The number of hydrogen-bond acceptors (Lipinski definition) is 5. The number of nitrogens with two attached hydrogens (primary N) is 1. The van der Waals surface area contributed by atoms with Crippen molar-refractivity contribution < 1.29 is 4.74 Å². The molecule has 0 unspecified atom stereocenters. The standard InChI is InChI=1S/C23H23N5O/c24-22-21-20(27-23(17-9-4-5-10-17)28(21)26-15-25-22)18-11-6-12-19(13-18)29-14-16-7-2-1-3-8-16/h1-3,6-8,11-13,15,17H,4-5,9-10,14H2,(H2,24,25,26). The van der Waals surface area contributed by atoms with Gasteiger partial charge in [0, 0.05) is 11.5 Å². The highest BCUT2D eigenvalue weighted by molar-refractivity contribution is 5.85. The van der Waals surface area contributed by atoms with E-state index in [9.17, 15) is 0 Å². The molecule has 2 aromatic heterocycles. The molecule has 5 rings (SSSR count). The second-order valence-corrected chi connectivity index (χ2v) is 7.51. The maximum atomic E-state index is 6.24. The summed E-state index contributed by atoms with van der Waals surface area (Å²) >= 11 is 0. The fourth-order valence-corrected chi connectivity index (χ4v) is 4.10. The lowest BCUT2D eigenvalue weighted by Crippen LogP contribution is -2.05. The molecule has 0 saturated heterocycles. The van der Waals surface area contributed by atoms with E-state index < -0.39 is 0 Å². The van der Waals surface area contributed by atoms with Gasteiger partial charge in [-0.05, 0) is 30.5 Å². The molecule has 0 bridgehead atoms. The fraction of sp³-hybridized carbons (Fsp3) is 0.261. The number of fused-ring (bicyclic) bond motifs is 1. The first kappa shape index (κ1) is 17.7. The summed E-state index contributed by atoms with van der Waals surface area (Å²) < 4.78 is 7.89. The van der Waals surface area contributed by atoms with Crippen LogP contribution in [-0.4, -0.2) is 19.6 Å². The molecule has 146 valence electrons. The summed E-state index contributed by atoms with van der Waals surface area (Å²) in [6, 6.07) is 18.1. The first-order valence-electron chi connectivity index (χ1n) is 10.1. The van der Waals surface area contributed by atoms with Crippen molar-refractivity contribution in [2.24, 2.45) is 0 Å². The lowest BCUT2D eigenvalue weighted by atomic mass is 10.1. The van der Waals surface area contributed by atoms with Gasteiger partial charge in [-0.3, -0.25) is 0 Å². The van der Waals surface area contributed by atoms with Crippen molar-refractivity contribution in [3.05, 3.63) is 72.3 Å². The quantitative estimate of drug-likeness (QED) is 0.543. The number of anilines is 1. The van der Waals surface area contributed by atoms with Gasteiger partial charge >= 0.3 is 0 Å². The third kappa shape index (κ3) is 3.42. The van der Waals surface area contributed by atoms with Gasteiger partial charge in [-0.2, -0.15) is 5.10 Å². The Bertz CT molecular complexity index is 1130. The summed E-state index contributed by atoms with van der Waals surface area (Å²) in [7, 11) is 0. The first-order chi connectivity index (χ1) is 14.3. The molecule has 29 heavy (non-hydrogen) atoms. The average molecular weight is 385 g/mol. The Morgan fingerprint density at radius 3 is 2.69 bits per heavy atom. The minimum absolute atomic E-state index is 0.420. The van der Waals surface area contributed by atoms with Crippen LogP contribution < -0.4 is 10.5 Å². The Kier molecular flexibility index (Phi) is 4.60. The van der Waals surface area contributed by atoms with Crippen LogP contribution in [0.3, 0.4) is 0 Å². The highest BCUT2D eigenvalue weighted by atomic mass is 16.5. The van der Waals surface area contributed by atoms with Gasteiger partial charge in [0.15, 0.2) is 5.82 Å². The van der Waals surface area contributed by atoms with Gasteiger partial charge in [0.25, 0.3) is 0 Å². The molecule has 0 amide bonds. The third-order valence-corrected chi connectivity index (χ3v) is 5.56. The van der Waals surface area contributed by atoms with Crippen LogP contribution in [0.2, 0.25) is 0 Å². The molecule has 6 nitrogen and oxygen atoms in total. The van der Waals surface area contributed by atoms with E-state index in [1.807, 2.05) is 47.0 Å². The molecule has 0 radical (unpaired) electrons. The second kappa shape index (κ2) is 7.54. The lowest BCUT2D eigenvalue weighted by Gasteiger charge is -2.08. The zero-order valence-corrected chi connectivity index (χ0v) is 16.2. The van der Waals surface area contributed by atoms with Crippen LogP contribution in [0.25, 0.3) is 16.8 Å². The van der Waals surface area contributed by atoms with Crippen molar-refractivity contribution in [3.63, 3.8) is 0 Å². The Hall–Kier alpha value is -3.41. The normalized spacial score (nSPS) is 14.5. The van der Waals surface area contributed by atoms with Crippen LogP contribution in [0.4, 0.5) is 5.82 Å². The smallest absolute Gasteiger partial charge is 0.153 e. The van der Waals surface area contributed by atoms with Crippen molar-refractivity contribution in [1.82, 2.24) is 19.6 Å². The van der Waals surface area contributed by atoms with E-state index in [0.717, 1.165) is 46.8 Å². The molecule has 6 heteroatoms. The Balaban J connectivity index is 1.52. The highest BCUT2D eigenvalue weighted by Gasteiger charge is 2.26. The molecule has 4 aromatic rings. The van der Waals surface area contributed by atoms with Gasteiger partial charge < -0.3 is 10.5 Å². The number of ether oxygens (including phenoxy) is 1. The summed E-state index contributed by atoms with van der Waals surface area (Å²) in [5.74, 6) is 2.65. The summed E-state index contributed by atoms with van der Waals surface area (Å²) in [5, 5.41) is 4.46. The van der Waals surface area contributed by atoms with E-state index in [2.05, 4.69) is 22.2 Å². The Labute approximate surface area is 169 Å². The molecule has 1 aliphatic rings. The van der Waals surface area contributed by atoms with E-state index in [1.165, 1.54) is 19.2 Å². The molecule has 1 aliphatic carbocycles. The number of nitrogen functional groups attached to an aromatic ring is 1. The van der Waals surface area contributed by atoms with Gasteiger partial charge in [0.05, 0.1) is 0 Å². The predicted octanol–water partition coefficient (Wildman–Crippen LogP) is 4.61. The van der Waals surface area contributed by atoms with E-state index in [1.54, 1.807) is 0 Å². The molecule has 1 fully saturated rings. The minimum atomic E-state index is 0.420. The van der Waals surface area contributed by atoms with Crippen LogP contribution in [0.15, 0.2) is 60.9 Å². The monoisotopic (exact) mass is 385 g/mol. The zero-order chi connectivity index (χ0) is 19.6. The molecular formula is C23H23N5O. The summed E-state index contributed by atoms with van der Waals surface area (Å²) in [6.45, 7) is 0.521. The molecule has 2 N–H and O–H groups in total. The van der Waals surface area contributed by atoms with Gasteiger partial charge in [-0.15, -0.1) is 0 Å². The Morgan fingerprint density at radius 1 is 1.03 bits per heavy atom. The molecule has 0 atom stereocenters. The third-order valence-electron chi connectivity index (χ3n) is 5.56. The van der Waals surface area contributed by atoms with Gasteiger partial charge in [-0.25, -0.2) is 14.5 Å². The van der Waals surface area contributed by atoms with E-state index in [0.29, 0.717) is 18.3 Å². The molecule has 0 spiro atoms. The van der Waals surface area contributed by atoms with Crippen molar-refractivity contribution in [2.75, 3.05) is 5.73 Å². The zero-order valence-electron chi connectivity index (χ0n) is 16.2. The van der Waals surface area contributed by atoms with Crippen LogP contribution in [0, 0.1) is 0 Å². The van der Waals surface area contributed by atoms with Gasteiger partial charge in [-0.1, -0.05) is 55.3 Å². The number of benzene rings is 2. The second-order valence-electron chi connectivity index (χ2n) is 7.51. The number of aromatic nitrogens is 4. The Morgan fingerprint density at radius 2 is 1.86 bits per heavy atom. The van der Waals surface area contributed by atoms with E-state index in [4.69, 9.17) is 15.5 Å². The summed E-state index contributed by atoms with van der Waals surface area (Å²) in [6.07, 6.45) is 6.26. The summed E-state index contributed by atoms with van der Waals surface area (Å²) in [5.41, 5.74) is 9.91. The molecular weight excluding hydrogens is 362 g/mol. The summed E-state index contributed by atoms with van der Waals surface area (Å²) in [4.78, 5) is 9.19. The van der Waals surface area contributed by atoms with E-state index in [-0.39, 0.29) is 0 Å². The van der Waals surface area contributed by atoms with Crippen LogP contribution in [-0.2, 0) is 6.61 Å². The maximum absolute atomic E-state index is 6.24. The van der Waals surface area contributed by atoms with Crippen LogP contribution >= 0.6 is 0 Å². The topological polar surface area (TPSA) is 78.3 Å². The first-order valence-corrected chi connectivity index (χ1v) is 10.1. The average Bonchev–Trinajstić information content (AvgIpc) is 3.42. The van der Waals surface area contributed by atoms with Crippen LogP contribution in [0.1, 0.15) is 43.0 Å². The highest BCUT2D eigenvalue weighted by Crippen LogP contribution is 2.37. The largest absolute Gasteiger partial charge is 0.489 e. The molecule has 2 aromatic carbocycles. The number of hydrogen-bond donors (Lipinski definition) is 1. The van der Waals surface area contributed by atoms with E-state index >= 15 is 0 Å². The van der Waals surface area contributed by atoms with Crippen molar-refractivity contribution in [3.8, 4) is 17.0 Å². The maximum Gasteiger partial charge on any atom is 0.153 e. The molecule has 0 aliphatic heterocycles. The minimum Gasteiger partial charge on any atom is -0.489 e. The van der Waals surface area contributed by atoms with Gasteiger partial charge in [0.1, 0.15) is 35.7 Å². The van der Waals surface area contributed by atoms with Crippen molar-refractivity contribution in [1.29, 1.82) is 0 Å². The van der Waals surface area contributed by atoms with Gasteiger partial charge in [0.2, 0.25) is 0 Å². The van der Waals surface area contributed by atoms with Crippen molar-refractivity contribution in [2.45, 2.75) is 38.2 Å². The number of imidazole rings is 1.